The normalized spacial score (nSPS) is 20.3. The molecule has 1 aliphatic carbocycles. The second-order valence-electron chi connectivity index (χ2n) is 6.27. The monoisotopic (exact) mass is 340 g/mol. The second-order valence-corrected chi connectivity index (χ2v) is 6.27. The van der Waals surface area contributed by atoms with Crippen LogP contribution < -0.4 is 14.2 Å². The number of aromatic nitrogens is 4. The molecule has 5 rings (SSSR count). The first-order valence-corrected chi connectivity index (χ1v) is 8.12. The molecule has 1 fully saturated rings. The molecule has 8 nitrogen and oxygen atoms in total. The molecule has 1 unspecified atom stereocenters. The van der Waals surface area contributed by atoms with E-state index < -0.39 is 11.7 Å². The highest BCUT2D eigenvalue weighted by Gasteiger charge is 2.53. The minimum absolute atomic E-state index is 0.340. The van der Waals surface area contributed by atoms with Gasteiger partial charge in [0.05, 0.1) is 12.4 Å². The van der Waals surface area contributed by atoms with Gasteiger partial charge in [-0.2, -0.15) is 10.1 Å². The summed E-state index contributed by atoms with van der Waals surface area (Å²) in [5.41, 5.74) is -0.554. The van der Waals surface area contributed by atoms with Gasteiger partial charge in [-0.15, -0.1) is 0 Å². The maximum absolute atomic E-state index is 6.03. The molecule has 25 heavy (non-hydrogen) atoms. The Morgan fingerprint density at radius 1 is 1.24 bits per heavy atom. The van der Waals surface area contributed by atoms with Crippen molar-refractivity contribution in [3.05, 3.63) is 48.4 Å². The van der Waals surface area contributed by atoms with Crippen LogP contribution in [0.2, 0.25) is 0 Å². The van der Waals surface area contributed by atoms with E-state index >= 15 is 0 Å². The fourth-order valence-electron chi connectivity index (χ4n) is 2.85. The van der Waals surface area contributed by atoms with Crippen LogP contribution in [0.25, 0.3) is 0 Å². The number of rotatable bonds is 4. The van der Waals surface area contributed by atoms with Crippen molar-refractivity contribution in [1.29, 1.82) is 0 Å². The third-order valence-corrected chi connectivity index (χ3v) is 4.33. The molecule has 1 aromatic carbocycles. The average Bonchev–Trinajstić information content (AvgIpc) is 3.05. The number of aryl methyl sites for hydroxylation is 1. The molecule has 1 atom stereocenters. The Labute approximate surface area is 143 Å². The van der Waals surface area contributed by atoms with Crippen LogP contribution >= 0.6 is 0 Å². The van der Waals surface area contributed by atoms with Gasteiger partial charge in [0.15, 0.2) is 29.0 Å². The van der Waals surface area contributed by atoms with Crippen LogP contribution in [0.1, 0.15) is 30.7 Å². The van der Waals surface area contributed by atoms with Crippen molar-refractivity contribution in [1.82, 2.24) is 19.9 Å². The molecule has 8 heteroatoms. The molecule has 1 saturated carbocycles. The Kier molecular flexibility index (Phi) is 3.00. The predicted molar refractivity (Wildman–Crippen MR) is 84.4 cm³/mol. The summed E-state index contributed by atoms with van der Waals surface area (Å²) >= 11 is 0. The molecule has 2 aromatic heterocycles. The van der Waals surface area contributed by atoms with Crippen LogP contribution in [0.5, 0.6) is 17.2 Å². The van der Waals surface area contributed by atoms with Gasteiger partial charge in [-0.3, -0.25) is 4.68 Å². The average molecular weight is 340 g/mol. The van der Waals surface area contributed by atoms with Crippen molar-refractivity contribution >= 4 is 0 Å². The maximum atomic E-state index is 6.03. The van der Waals surface area contributed by atoms with Crippen molar-refractivity contribution in [2.75, 3.05) is 6.61 Å². The molecule has 0 bridgehead atoms. The minimum atomic E-state index is -0.554. The third-order valence-electron chi connectivity index (χ3n) is 4.33. The van der Waals surface area contributed by atoms with Crippen molar-refractivity contribution in [2.45, 2.75) is 24.5 Å². The van der Waals surface area contributed by atoms with Gasteiger partial charge in [0.25, 0.3) is 5.89 Å². The molecule has 3 heterocycles. The van der Waals surface area contributed by atoms with Crippen LogP contribution in [-0.4, -0.2) is 26.5 Å². The van der Waals surface area contributed by atoms with E-state index in [2.05, 4.69) is 15.2 Å². The molecule has 0 N–H and O–H groups in total. The lowest BCUT2D eigenvalue weighted by molar-refractivity contribution is 0.0831. The Balaban J connectivity index is 1.36. The van der Waals surface area contributed by atoms with Crippen molar-refractivity contribution in [3.63, 3.8) is 0 Å². The van der Waals surface area contributed by atoms with Gasteiger partial charge in [-0.25, -0.2) is 0 Å². The van der Waals surface area contributed by atoms with Gasteiger partial charge >= 0.3 is 0 Å². The standard InChI is InChI=1S/C17H16N4O4/c1-21-9-11(8-18-21)24-17(6-7-17)16-19-15(20-25-16)14-10-22-12-4-2-3-5-13(12)23-14/h2-5,8-9,14H,6-7,10H2,1H3. The van der Waals surface area contributed by atoms with Crippen LogP contribution in [0.15, 0.2) is 41.2 Å². The number of hydrogen-bond acceptors (Lipinski definition) is 7. The van der Waals surface area contributed by atoms with Crippen molar-refractivity contribution < 1.29 is 18.7 Å². The highest BCUT2D eigenvalue weighted by atomic mass is 16.6. The summed E-state index contributed by atoms with van der Waals surface area (Å²) < 4.78 is 24.8. The fraction of sp³-hybridized carbons (Fsp3) is 0.353. The van der Waals surface area contributed by atoms with Gasteiger partial charge in [-0.05, 0) is 12.1 Å². The highest BCUT2D eigenvalue weighted by molar-refractivity contribution is 5.41. The third kappa shape index (κ3) is 2.50. The summed E-state index contributed by atoms with van der Waals surface area (Å²) in [7, 11) is 1.84. The van der Waals surface area contributed by atoms with E-state index in [0.717, 1.165) is 18.6 Å². The van der Waals surface area contributed by atoms with Crippen molar-refractivity contribution in [2.24, 2.45) is 7.05 Å². The summed E-state index contributed by atoms with van der Waals surface area (Å²) in [6, 6.07) is 7.53. The smallest absolute Gasteiger partial charge is 0.270 e. The lowest BCUT2D eigenvalue weighted by Gasteiger charge is -2.24. The number of nitrogens with zero attached hydrogens (tertiary/aromatic N) is 4. The zero-order chi connectivity index (χ0) is 16.9. The SMILES string of the molecule is Cn1cc(OC2(c3nc(C4COc5ccccc5O4)no3)CC2)cn1. The Morgan fingerprint density at radius 3 is 2.84 bits per heavy atom. The van der Waals surface area contributed by atoms with Gasteiger partial charge in [0, 0.05) is 19.9 Å². The minimum Gasteiger partial charge on any atom is -0.485 e. The zero-order valence-electron chi connectivity index (χ0n) is 13.6. The lowest BCUT2D eigenvalue weighted by Crippen LogP contribution is -2.23. The van der Waals surface area contributed by atoms with Gasteiger partial charge in [0.2, 0.25) is 5.82 Å². The zero-order valence-corrected chi connectivity index (χ0v) is 13.6. The van der Waals surface area contributed by atoms with Gasteiger partial charge in [0.1, 0.15) is 6.61 Å². The molecule has 0 radical (unpaired) electrons. The molecule has 3 aromatic rings. The first-order chi connectivity index (χ1) is 12.2. The van der Waals surface area contributed by atoms with E-state index in [1.165, 1.54) is 0 Å². The predicted octanol–water partition coefficient (Wildman–Crippen LogP) is 2.38. The number of hydrogen-bond donors (Lipinski definition) is 0. The molecule has 0 saturated heterocycles. The molecule has 0 amide bonds. The maximum Gasteiger partial charge on any atom is 0.270 e. The largest absolute Gasteiger partial charge is 0.485 e. The van der Waals surface area contributed by atoms with E-state index in [1.807, 2.05) is 37.5 Å². The Morgan fingerprint density at radius 2 is 2.08 bits per heavy atom. The molecular formula is C17H16N4O4. The first kappa shape index (κ1) is 14.3. The Hall–Kier alpha value is -3.03. The number of para-hydroxylation sites is 2. The molecule has 128 valence electrons. The quantitative estimate of drug-likeness (QED) is 0.721. The fourth-order valence-corrected chi connectivity index (χ4v) is 2.85. The van der Waals surface area contributed by atoms with E-state index in [9.17, 15) is 0 Å². The highest BCUT2D eigenvalue weighted by Crippen LogP contribution is 2.49. The summed E-state index contributed by atoms with van der Waals surface area (Å²) in [5, 5.41) is 8.18. The number of benzene rings is 1. The second kappa shape index (κ2) is 5.23. The first-order valence-electron chi connectivity index (χ1n) is 8.12. The van der Waals surface area contributed by atoms with Gasteiger partial charge in [-0.1, -0.05) is 17.3 Å². The van der Waals surface area contributed by atoms with Crippen LogP contribution in [0, 0.1) is 0 Å². The summed E-state index contributed by atoms with van der Waals surface area (Å²) in [6.45, 7) is 0.340. The van der Waals surface area contributed by atoms with E-state index in [-0.39, 0.29) is 0 Å². The molecular weight excluding hydrogens is 324 g/mol. The van der Waals surface area contributed by atoms with Crippen LogP contribution in [0.3, 0.4) is 0 Å². The summed E-state index contributed by atoms with van der Waals surface area (Å²) in [4.78, 5) is 4.51. The van der Waals surface area contributed by atoms with E-state index in [0.29, 0.717) is 29.8 Å². The Bertz CT molecular complexity index is 915. The molecule has 0 spiro atoms. The number of fused-ring (bicyclic) bond motifs is 1. The van der Waals surface area contributed by atoms with Crippen molar-refractivity contribution in [3.8, 4) is 17.2 Å². The van der Waals surface area contributed by atoms with E-state index in [1.54, 1.807) is 10.9 Å². The lowest BCUT2D eigenvalue weighted by atomic mass is 10.2. The molecule has 2 aliphatic rings. The summed E-state index contributed by atoms with van der Waals surface area (Å²) in [5.74, 6) is 3.02. The summed E-state index contributed by atoms with van der Waals surface area (Å²) in [6.07, 6.45) is 4.74. The van der Waals surface area contributed by atoms with Gasteiger partial charge < -0.3 is 18.7 Å². The van der Waals surface area contributed by atoms with E-state index in [4.69, 9.17) is 18.7 Å². The number of ether oxygens (including phenoxy) is 3. The van der Waals surface area contributed by atoms with Crippen LogP contribution in [0.4, 0.5) is 0 Å². The molecule has 1 aliphatic heterocycles. The topological polar surface area (TPSA) is 84.4 Å². The van der Waals surface area contributed by atoms with Crippen LogP contribution in [-0.2, 0) is 12.6 Å².